The van der Waals surface area contributed by atoms with Crippen LogP contribution in [0.25, 0.3) is 11.6 Å². The van der Waals surface area contributed by atoms with Gasteiger partial charge in [-0.05, 0) is 48.2 Å². The molecule has 3 aromatic heterocycles. The molecule has 0 aliphatic heterocycles. The van der Waals surface area contributed by atoms with Crippen molar-refractivity contribution in [2.24, 2.45) is 0 Å². The minimum absolute atomic E-state index is 0.000301. The van der Waals surface area contributed by atoms with E-state index in [1.165, 1.54) is 31.6 Å². The van der Waals surface area contributed by atoms with Crippen molar-refractivity contribution >= 4 is 27.6 Å². The van der Waals surface area contributed by atoms with Crippen molar-refractivity contribution in [3.63, 3.8) is 0 Å². The second kappa shape index (κ2) is 14.5. The molecule has 0 radical (unpaired) electrons. The van der Waals surface area contributed by atoms with Gasteiger partial charge in [0.2, 0.25) is 17.5 Å². The molecule has 250 valence electrons. The Labute approximate surface area is 278 Å². The fraction of sp³-hybridized carbons (Fsp3) is 0.273. The summed E-state index contributed by atoms with van der Waals surface area (Å²) < 4.78 is 49.4. The third-order valence-corrected chi connectivity index (χ3v) is 8.35. The minimum Gasteiger partial charge on any atom is -0.493 e. The van der Waals surface area contributed by atoms with Gasteiger partial charge < -0.3 is 19.5 Å². The molecule has 5 rings (SSSR count). The number of para-hydroxylation sites is 2. The molecule has 0 bridgehead atoms. The highest BCUT2D eigenvalue weighted by Crippen LogP contribution is 2.41. The van der Waals surface area contributed by atoms with Gasteiger partial charge in [-0.2, -0.15) is 10.1 Å². The molecule has 1 amide bonds. The average Bonchev–Trinajstić information content (AvgIpc) is 3.53. The maximum atomic E-state index is 13.8. The number of methoxy groups -OCH3 is 1. The summed E-state index contributed by atoms with van der Waals surface area (Å²) in [6.45, 7) is 8.44. The monoisotopic (exact) mass is 672 g/mol. The van der Waals surface area contributed by atoms with E-state index in [0.29, 0.717) is 18.1 Å². The number of carbonyl (C=O) groups is 1. The van der Waals surface area contributed by atoms with Crippen LogP contribution in [-0.4, -0.2) is 57.8 Å². The van der Waals surface area contributed by atoms with Crippen molar-refractivity contribution in [1.29, 1.82) is 0 Å². The molecule has 0 saturated carbocycles. The van der Waals surface area contributed by atoms with Crippen LogP contribution in [0.5, 0.6) is 23.1 Å². The smallest absolute Gasteiger partial charge is 0.263 e. The number of hydrogen-bond donors (Lipinski definition) is 2. The van der Waals surface area contributed by atoms with Crippen LogP contribution in [0.15, 0.2) is 84.1 Å². The van der Waals surface area contributed by atoms with Gasteiger partial charge in [-0.15, -0.1) is 0 Å². The standard InChI is InChI=1S/C33H36N8O6S/c1-6-41-26(16-20-36-41)37-27(42)17-21-46-32-28(47-25-11-8-7-10-24(25)45-5)29(38-31(39-32)30-34-18-9-19-35-30)40-48(43,44)23-14-12-22(13-15-23)33(2,3)4/h7-16,18-20H,6,17,21H2,1-5H3,(H,37,42)(H,38,39,40). The molecular formula is C33H36N8O6S. The fourth-order valence-corrected chi connectivity index (χ4v) is 5.48. The van der Waals surface area contributed by atoms with Crippen LogP contribution in [0, 0.1) is 0 Å². The first-order valence-corrected chi connectivity index (χ1v) is 16.5. The lowest BCUT2D eigenvalue weighted by Gasteiger charge is -2.20. The first-order valence-electron chi connectivity index (χ1n) is 15.1. The lowest BCUT2D eigenvalue weighted by Crippen LogP contribution is -2.19. The molecule has 0 atom stereocenters. The van der Waals surface area contributed by atoms with E-state index < -0.39 is 10.0 Å². The highest BCUT2D eigenvalue weighted by atomic mass is 32.2. The number of carbonyl (C=O) groups excluding carboxylic acids is 1. The van der Waals surface area contributed by atoms with E-state index in [1.54, 1.807) is 59.4 Å². The Hall–Kier alpha value is -5.57. The summed E-state index contributed by atoms with van der Waals surface area (Å²) in [6, 6.07) is 16.6. The highest BCUT2D eigenvalue weighted by molar-refractivity contribution is 7.92. The Morgan fingerprint density at radius 1 is 0.896 bits per heavy atom. The third kappa shape index (κ3) is 8.04. The molecular weight excluding hydrogens is 636 g/mol. The Kier molecular flexibility index (Phi) is 10.2. The molecule has 0 aliphatic rings. The summed E-state index contributed by atoms with van der Waals surface area (Å²) in [5.74, 6) is 0.281. The largest absolute Gasteiger partial charge is 0.493 e. The first kappa shape index (κ1) is 33.8. The minimum atomic E-state index is -4.21. The summed E-state index contributed by atoms with van der Waals surface area (Å²) in [5, 5.41) is 6.95. The maximum Gasteiger partial charge on any atom is 0.263 e. The van der Waals surface area contributed by atoms with Gasteiger partial charge in [0.15, 0.2) is 23.1 Å². The summed E-state index contributed by atoms with van der Waals surface area (Å²) in [4.78, 5) is 30.2. The third-order valence-electron chi connectivity index (χ3n) is 6.99. The Morgan fingerprint density at radius 3 is 2.27 bits per heavy atom. The SMILES string of the molecule is CCn1nccc1NC(=O)CCOc1nc(-c2ncccn2)nc(NS(=O)(=O)c2ccc(C(C)(C)C)cc2)c1Oc1ccccc1OC. The van der Waals surface area contributed by atoms with E-state index in [-0.39, 0.29) is 64.1 Å². The van der Waals surface area contributed by atoms with E-state index in [0.717, 1.165) is 5.56 Å². The molecule has 14 nitrogen and oxygen atoms in total. The average molecular weight is 673 g/mol. The fourth-order valence-electron chi connectivity index (χ4n) is 4.47. The van der Waals surface area contributed by atoms with Crippen molar-refractivity contribution in [1.82, 2.24) is 29.7 Å². The molecule has 0 unspecified atom stereocenters. The van der Waals surface area contributed by atoms with E-state index in [1.807, 2.05) is 27.7 Å². The molecule has 15 heteroatoms. The number of aryl methyl sites for hydroxylation is 1. The van der Waals surface area contributed by atoms with Gasteiger partial charge in [-0.25, -0.2) is 28.1 Å². The number of rotatable bonds is 13. The van der Waals surface area contributed by atoms with Crippen LogP contribution in [0.1, 0.15) is 39.7 Å². The van der Waals surface area contributed by atoms with Crippen LogP contribution < -0.4 is 24.2 Å². The number of sulfonamides is 1. The van der Waals surface area contributed by atoms with Gasteiger partial charge in [0.05, 0.1) is 31.2 Å². The van der Waals surface area contributed by atoms with E-state index in [2.05, 4.69) is 35.1 Å². The maximum absolute atomic E-state index is 13.8. The quantitative estimate of drug-likeness (QED) is 0.163. The zero-order valence-electron chi connectivity index (χ0n) is 27.2. The number of nitrogens with zero attached hydrogens (tertiary/aromatic N) is 6. The highest BCUT2D eigenvalue weighted by Gasteiger charge is 2.26. The predicted molar refractivity (Wildman–Crippen MR) is 179 cm³/mol. The summed E-state index contributed by atoms with van der Waals surface area (Å²) in [5.41, 5.74) is 0.786. The van der Waals surface area contributed by atoms with E-state index in [4.69, 9.17) is 14.2 Å². The van der Waals surface area contributed by atoms with E-state index in [9.17, 15) is 13.2 Å². The molecule has 0 spiro atoms. The lowest BCUT2D eigenvalue weighted by atomic mass is 9.87. The Balaban J connectivity index is 1.54. The van der Waals surface area contributed by atoms with Crippen LogP contribution in [0.3, 0.4) is 0 Å². The number of benzene rings is 2. The van der Waals surface area contributed by atoms with Gasteiger partial charge in [0.25, 0.3) is 15.9 Å². The molecule has 0 saturated heterocycles. The number of anilines is 2. The molecule has 2 N–H and O–H groups in total. The second-order valence-electron chi connectivity index (χ2n) is 11.4. The van der Waals surface area contributed by atoms with Crippen molar-refractivity contribution in [3.05, 3.63) is 84.8 Å². The van der Waals surface area contributed by atoms with Crippen molar-refractivity contribution < 1.29 is 27.4 Å². The Bertz CT molecular complexity index is 1980. The molecule has 48 heavy (non-hydrogen) atoms. The van der Waals surface area contributed by atoms with Gasteiger partial charge in [0, 0.05) is 25.0 Å². The second-order valence-corrected chi connectivity index (χ2v) is 13.1. The van der Waals surface area contributed by atoms with Crippen molar-refractivity contribution in [2.75, 3.05) is 23.8 Å². The summed E-state index contributed by atoms with van der Waals surface area (Å²) >= 11 is 0. The van der Waals surface area contributed by atoms with E-state index >= 15 is 0 Å². The van der Waals surface area contributed by atoms with Crippen LogP contribution in [0.2, 0.25) is 0 Å². The first-order chi connectivity index (χ1) is 23.0. The number of ether oxygens (including phenoxy) is 3. The molecule has 0 aliphatic carbocycles. The molecule has 2 aromatic carbocycles. The van der Waals surface area contributed by atoms with Gasteiger partial charge >= 0.3 is 0 Å². The number of hydrogen-bond acceptors (Lipinski definition) is 11. The topological polar surface area (TPSA) is 172 Å². The number of aromatic nitrogens is 6. The van der Waals surface area contributed by atoms with Crippen molar-refractivity contribution in [3.8, 4) is 34.8 Å². The van der Waals surface area contributed by atoms with Crippen LogP contribution in [0.4, 0.5) is 11.6 Å². The summed E-state index contributed by atoms with van der Waals surface area (Å²) in [6.07, 6.45) is 4.51. The Morgan fingerprint density at radius 2 is 1.60 bits per heavy atom. The number of amides is 1. The van der Waals surface area contributed by atoms with Crippen LogP contribution in [-0.2, 0) is 26.8 Å². The predicted octanol–water partition coefficient (Wildman–Crippen LogP) is 5.46. The van der Waals surface area contributed by atoms with Gasteiger partial charge in [-0.1, -0.05) is 45.0 Å². The number of nitrogens with one attached hydrogen (secondary N) is 2. The van der Waals surface area contributed by atoms with Gasteiger partial charge in [0.1, 0.15) is 5.82 Å². The van der Waals surface area contributed by atoms with Gasteiger partial charge in [-0.3, -0.25) is 9.52 Å². The van der Waals surface area contributed by atoms with Crippen molar-refractivity contribution in [2.45, 2.75) is 51.0 Å². The zero-order valence-corrected chi connectivity index (χ0v) is 28.0. The molecule has 0 fully saturated rings. The molecule has 3 heterocycles. The zero-order chi connectivity index (χ0) is 34.3. The molecule has 5 aromatic rings. The van der Waals surface area contributed by atoms with Crippen LogP contribution >= 0.6 is 0 Å². The summed E-state index contributed by atoms with van der Waals surface area (Å²) in [7, 11) is -2.74. The lowest BCUT2D eigenvalue weighted by molar-refractivity contribution is -0.116. The normalized spacial score (nSPS) is 11.5.